The normalized spacial score (nSPS) is 57.0. The van der Waals surface area contributed by atoms with E-state index in [4.69, 9.17) is 47.4 Å². The van der Waals surface area contributed by atoms with Gasteiger partial charge in [0, 0.05) is 5.41 Å². The van der Waals surface area contributed by atoms with Gasteiger partial charge in [-0.3, -0.25) is 4.79 Å². The smallest absolute Gasteiger partial charge is 0.317 e. The summed E-state index contributed by atoms with van der Waals surface area (Å²) in [7, 11) is 0. The summed E-state index contributed by atoms with van der Waals surface area (Å²) in [5.74, 6) is -1.74. The summed E-state index contributed by atoms with van der Waals surface area (Å²) in [6.45, 7) is 17.6. The van der Waals surface area contributed by atoms with Crippen LogP contribution in [0.15, 0.2) is 11.6 Å². The molecule has 10 rings (SSSR count). The molecule has 26 heteroatoms. The van der Waals surface area contributed by atoms with Crippen LogP contribution in [0.2, 0.25) is 0 Å². The van der Waals surface area contributed by atoms with Crippen LogP contribution in [0.4, 0.5) is 0 Å². The van der Waals surface area contributed by atoms with Crippen molar-refractivity contribution in [1.82, 2.24) is 0 Å². The van der Waals surface area contributed by atoms with Gasteiger partial charge in [0.1, 0.15) is 90.9 Å². The standard InChI is InChI=1S/C59H96O26/c1-22-33(64)36(67)40(71)49(77-22)82-45-29(62)20-76-48(43(45)74)81-44-25(4)80-50(42(73)39(44)70)83-46-38(69)35(66)24(3)79-52(46)85-53(75)59-16-15-54(5,6)17-27(59)26-11-12-31-55(7)18-28(61)47(84-51-41(72)37(68)34(65)23(2)78-51)56(8,21-60)30(55)13-14-57(31,9)58(26,10)19-32(59)63/h11,22-25,27-52,60-74H,12-21H2,1-10H3/t22-,23-,24+,25-,27-,28-,29+,30?,31?,32+,33-,34-,35-,36+,37+,38-,39-,40+,41+,42+,43+,44-,45-,46+,47-,48-,49-,50-,51-,52-,55-,56-,57+,58+,59+/m1/s1. The Morgan fingerprint density at radius 1 is 0.529 bits per heavy atom. The molecule has 0 aromatic rings. The van der Waals surface area contributed by atoms with Crippen LogP contribution in [0, 0.1) is 50.2 Å². The molecule has 4 saturated carbocycles. The Kier molecular flexibility index (Phi) is 18.5. The minimum absolute atomic E-state index is 0.113. The molecule has 2 unspecified atom stereocenters. The Morgan fingerprint density at radius 3 is 1.65 bits per heavy atom. The molecule has 0 amide bonds. The van der Waals surface area contributed by atoms with Crippen molar-refractivity contribution < 1.29 is 129 Å². The molecule has 26 nitrogen and oxygen atoms in total. The zero-order chi connectivity index (χ0) is 62.3. The van der Waals surface area contributed by atoms with Crippen LogP contribution in [0.3, 0.4) is 0 Å². The van der Waals surface area contributed by atoms with Crippen LogP contribution in [-0.4, -0.2) is 262 Å². The number of rotatable bonds is 11. The summed E-state index contributed by atoms with van der Waals surface area (Å²) in [5, 5.41) is 168. The van der Waals surface area contributed by atoms with Gasteiger partial charge >= 0.3 is 5.97 Å². The van der Waals surface area contributed by atoms with Crippen molar-refractivity contribution in [1.29, 1.82) is 0 Å². The second-order valence-electron chi connectivity index (χ2n) is 28.7. The van der Waals surface area contributed by atoms with Crippen LogP contribution in [0.1, 0.15) is 121 Å². The Hall–Kier alpha value is -1.75. The van der Waals surface area contributed by atoms with Crippen molar-refractivity contribution in [3.63, 3.8) is 0 Å². The Balaban J connectivity index is 0.865. The Bertz CT molecular complexity index is 2400. The fourth-order valence-corrected chi connectivity index (χ4v) is 17.8. The number of carbonyl (C=O) groups excluding carboxylic acids is 1. The summed E-state index contributed by atoms with van der Waals surface area (Å²) < 4.78 is 59.6. The fraction of sp³-hybridized carbons (Fsp3) is 0.949. The summed E-state index contributed by atoms with van der Waals surface area (Å²) in [6, 6.07) is 0. The lowest BCUT2D eigenvalue weighted by Crippen LogP contribution is -2.70. The molecule has 9 fully saturated rings. The number of ether oxygens (including phenoxy) is 10. The third-order valence-electron chi connectivity index (χ3n) is 23.1. The molecule has 5 aliphatic heterocycles. The number of aliphatic hydroxyl groups excluding tert-OH is 15. The zero-order valence-electron chi connectivity index (χ0n) is 50.2. The van der Waals surface area contributed by atoms with Gasteiger partial charge in [0.2, 0.25) is 6.29 Å². The van der Waals surface area contributed by atoms with Crippen molar-refractivity contribution in [3.8, 4) is 0 Å². The second kappa shape index (κ2) is 23.7. The van der Waals surface area contributed by atoms with Crippen LogP contribution in [0.25, 0.3) is 0 Å². The summed E-state index contributed by atoms with van der Waals surface area (Å²) >= 11 is 0. The Labute approximate surface area is 494 Å². The van der Waals surface area contributed by atoms with E-state index in [-0.39, 0.29) is 43.1 Å². The molecule has 15 N–H and O–H groups in total. The van der Waals surface area contributed by atoms with Gasteiger partial charge in [-0.1, -0.05) is 53.2 Å². The highest BCUT2D eigenvalue weighted by atomic mass is 16.8. The first-order chi connectivity index (χ1) is 39.6. The lowest BCUT2D eigenvalue weighted by molar-refractivity contribution is -0.380. The molecule has 0 spiro atoms. The maximum atomic E-state index is 15.5. The molecule has 0 aromatic heterocycles. The average molecular weight is 1220 g/mol. The van der Waals surface area contributed by atoms with Gasteiger partial charge in [0.15, 0.2) is 31.3 Å². The average Bonchev–Trinajstić information content (AvgIpc) is 1.46. The lowest BCUT2D eigenvalue weighted by atomic mass is 9.33. The molecule has 488 valence electrons. The summed E-state index contributed by atoms with van der Waals surface area (Å²) in [4.78, 5) is 15.5. The van der Waals surface area contributed by atoms with E-state index < -0.39 is 211 Å². The number of hydrogen-bond acceptors (Lipinski definition) is 26. The third-order valence-corrected chi connectivity index (χ3v) is 23.1. The second-order valence-corrected chi connectivity index (χ2v) is 28.7. The molecular weight excluding hydrogens is 1120 g/mol. The quantitative estimate of drug-likeness (QED) is 0.0575. The number of fused-ring (bicyclic) bond motifs is 7. The van der Waals surface area contributed by atoms with E-state index in [0.717, 1.165) is 5.57 Å². The number of aliphatic hydroxyl groups is 15. The first-order valence-corrected chi connectivity index (χ1v) is 30.5. The first kappa shape index (κ1) is 66.2. The molecule has 85 heavy (non-hydrogen) atoms. The lowest BCUT2D eigenvalue weighted by Gasteiger charge is -2.72. The predicted octanol–water partition coefficient (Wildman–Crippen LogP) is -2.55. The number of hydrogen-bond donors (Lipinski definition) is 15. The van der Waals surface area contributed by atoms with Crippen LogP contribution < -0.4 is 0 Å². The van der Waals surface area contributed by atoms with Crippen molar-refractivity contribution in [3.05, 3.63) is 11.6 Å². The van der Waals surface area contributed by atoms with Gasteiger partial charge in [0.05, 0.1) is 55.9 Å². The highest BCUT2D eigenvalue weighted by Crippen LogP contribution is 2.76. The van der Waals surface area contributed by atoms with E-state index >= 15 is 4.79 Å². The first-order valence-electron chi connectivity index (χ1n) is 30.5. The molecule has 10 aliphatic rings. The van der Waals surface area contributed by atoms with Gasteiger partial charge in [-0.25, -0.2) is 0 Å². The largest absolute Gasteiger partial charge is 0.432 e. The van der Waals surface area contributed by atoms with Gasteiger partial charge in [-0.15, -0.1) is 0 Å². The molecular formula is C59H96O26. The van der Waals surface area contributed by atoms with Gasteiger partial charge < -0.3 is 124 Å². The molecule has 5 aliphatic carbocycles. The third kappa shape index (κ3) is 10.7. The van der Waals surface area contributed by atoms with Crippen LogP contribution in [-0.2, 0) is 52.2 Å². The van der Waals surface area contributed by atoms with Crippen LogP contribution >= 0.6 is 0 Å². The van der Waals surface area contributed by atoms with Crippen LogP contribution in [0.5, 0.6) is 0 Å². The van der Waals surface area contributed by atoms with E-state index in [1.165, 1.54) is 20.8 Å². The summed E-state index contributed by atoms with van der Waals surface area (Å²) in [6.07, 6.45) is -35.2. The zero-order valence-corrected chi connectivity index (χ0v) is 50.2. The molecule has 0 aromatic carbocycles. The van der Waals surface area contributed by atoms with E-state index in [2.05, 4.69) is 40.7 Å². The SMILES string of the molecule is C[C@@H]1O[C@H](OC(=O)[C@@]23CCC(C)(C)C[C@@H]2C2=CCC4[C@]5(C)C[C@@H](O)[C@@H](O[C@H]6O[C@H](C)[C@@H](O)[C@H](O)[C@@H]6O)[C@](C)(CO)C5CC[C@]4(C)[C@@]2(C)C[C@@H]3O)[C@@H](O[C@H]2O[C@H](C)[C@@H](O[C@H]3OC[C@H](O)[C@@H](O[C@H]4O[C@H](C)[C@@H](O)[C@H](O)[C@@H]4O)[C@@H]3O)[C@H](O)[C@@H]2O)[C@H](O)[C@@H]1O. The van der Waals surface area contributed by atoms with Gasteiger partial charge in [-0.05, 0) is 118 Å². The van der Waals surface area contributed by atoms with E-state index in [9.17, 15) is 76.6 Å². The van der Waals surface area contributed by atoms with E-state index in [1.807, 2.05) is 6.92 Å². The Morgan fingerprint density at radius 2 is 1.05 bits per heavy atom. The number of carbonyl (C=O) groups is 1. The van der Waals surface area contributed by atoms with E-state index in [1.54, 1.807) is 6.92 Å². The maximum Gasteiger partial charge on any atom is 0.317 e. The molecule has 5 saturated heterocycles. The molecule has 0 radical (unpaired) electrons. The van der Waals surface area contributed by atoms with Crippen molar-refractivity contribution >= 4 is 5.97 Å². The molecule has 0 bridgehead atoms. The maximum absolute atomic E-state index is 15.5. The minimum Gasteiger partial charge on any atom is -0.432 e. The summed E-state index contributed by atoms with van der Waals surface area (Å²) in [5.41, 5.74) is -3.80. The van der Waals surface area contributed by atoms with Gasteiger partial charge in [-0.2, -0.15) is 0 Å². The highest BCUT2D eigenvalue weighted by molar-refractivity contribution is 5.80. The van der Waals surface area contributed by atoms with Crippen molar-refractivity contribution in [2.24, 2.45) is 50.2 Å². The number of allylic oxidation sites excluding steroid dienone is 2. The topological polar surface area (TPSA) is 413 Å². The monoisotopic (exact) mass is 1220 g/mol. The predicted molar refractivity (Wildman–Crippen MR) is 288 cm³/mol. The highest BCUT2D eigenvalue weighted by Gasteiger charge is 2.73. The van der Waals surface area contributed by atoms with Gasteiger partial charge in [0.25, 0.3) is 0 Å². The fourth-order valence-electron chi connectivity index (χ4n) is 17.8. The van der Waals surface area contributed by atoms with Crippen molar-refractivity contribution in [2.45, 2.75) is 286 Å². The molecule has 35 atom stereocenters. The minimum atomic E-state index is -1.98. The number of esters is 1. The van der Waals surface area contributed by atoms with Crippen molar-refractivity contribution in [2.75, 3.05) is 13.2 Å². The van der Waals surface area contributed by atoms with E-state index in [0.29, 0.717) is 32.1 Å². The molecule has 5 heterocycles.